The second-order valence-corrected chi connectivity index (χ2v) is 9.04. The van der Waals surface area contributed by atoms with E-state index in [1.165, 1.54) is 5.56 Å². The lowest BCUT2D eigenvalue weighted by Crippen LogP contribution is -2.51. The summed E-state index contributed by atoms with van der Waals surface area (Å²) in [7, 11) is 2.18. The molecule has 3 atom stereocenters. The number of nitrogens with zero attached hydrogens (tertiary/aromatic N) is 2. The minimum atomic E-state index is -0.381. The average Bonchev–Trinajstić information content (AvgIpc) is 2.63. The standard InChI is InChI=1S/C23H32N2O2/c1-22(2)19-10-12-23(3,11-7-13-25-16-14-24(4)15-17-25)27-21(19)18-8-5-6-9-20(18)26-22/h5-6,8-9,19,21H,10,12-17H2,1-4H3/t19-,21-,23-/m1/s1. The molecule has 27 heavy (non-hydrogen) atoms. The van der Waals surface area contributed by atoms with Crippen LogP contribution in [0.15, 0.2) is 24.3 Å². The van der Waals surface area contributed by atoms with Gasteiger partial charge in [-0.2, -0.15) is 0 Å². The van der Waals surface area contributed by atoms with Crippen molar-refractivity contribution in [2.24, 2.45) is 5.92 Å². The summed E-state index contributed by atoms with van der Waals surface area (Å²) in [4.78, 5) is 4.81. The molecule has 3 aliphatic rings. The first kappa shape index (κ1) is 18.8. The van der Waals surface area contributed by atoms with Gasteiger partial charge in [-0.25, -0.2) is 0 Å². The van der Waals surface area contributed by atoms with Crippen molar-refractivity contribution in [3.05, 3.63) is 29.8 Å². The van der Waals surface area contributed by atoms with Crippen LogP contribution in [0.2, 0.25) is 0 Å². The lowest BCUT2D eigenvalue weighted by Gasteiger charge is -2.50. The number of rotatable bonds is 1. The van der Waals surface area contributed by atoms with Crippen molar-refractivity contribution in [1.82, 2.24) is 9.80 Å². The van der Waals surface area contributed by atoms with Crippen molar-refractivity contribution in [3.63, 3.8) is 0 Å². The molecule has 0 saturated carbocycles. The summed E-state index contributed by atoms with van der Waals surface area (Å²) in [6.45, 7) is 11.8. The van der Waals surface area contributed by atoms with Gasteiger partial charge in [0.1, 0.15) is 17.0 Å². The Labute approximate surface area is 163 Å². The first-order chi connectivity index (χ1) is 12.9. The van der Waals surface area contributed by atoms with Crippen LogP contribution in [0.1, 0.15) is 45.3 Å². The molecule has 0 aliphatic carbocycles. The van der Waals surface area contributed by atoms with E-state index in [2.05, 4.69) is 67.7 Å². The number of fused-ring (bicyclic) bond motifs is 3. The summed E-state index contributed by atoms with van der Waals surface area (Å²) < 4.78 is 13.0. The minimum absolute atomic E-state index is 0.0571. The molecule has 4 nitrogen and oxygen atoms in total. The van der Waals surface area contributed by atoms with Gasteiger partial charge in [0.2, 0.25) is 0 Å². The Morgan fingerprint density at radius 2 is 1.85 bits per heavy atom. The largest absolute Gasteiger partial charge is 0.487 e. The van der Waals surface area contributed by atoms with Crippen LogP contribution in [0.3, 0.4) is 0 Å². The molecule has 2 saturated heterocycles. The SMILES string of the molecule is CN1CCN(CC#C[C@]2(C)CC[C@@H]3[C@H](O2)c2ccccc2OC3(C)C)CC1. The maximum atomic E-state index is 6.67. The predicted molar refractivity (Wildman–Crippen MR) is 108 cm³/mol. The second-order valence-electron chi connectivity index (χ2n) is 9.04. The number of para-hydroxylation sites is 1. The summed E-state index contributed by atoms with van der Waals surface area (Å²) in [6, 6.07) is 8.31. The summed E-state index contributed by atoms with van der Waals surface area (Å²) in [5.74, 6) is 8.22. The van der Waals surface area contributed by atoms with Crippen LogP contribution in [0.5, 0.6) is 5.75 Å². The highest BCUT2D eigenvalue weighted by Crippen LogP contribution is 2.52. The van der Waals surface area contributed by atoms with Crippen molar-refractivity contribution in [1.29, 1.82) is 0 Å². The van der Waals surface area contributed by atoms with Crippen LogP contribution in [0.4, 0.5) is 0 Å². The first-order valence-electron chi connectivity index (χ1n) is 10.2. The van der Waals surface area contributed by atoms with E-state index in [1.807, 2.05) is 6.07 Å². The molecule has 0 N–H and O–H groups in total. The molecule has 1 aromatic carbocycles. The zero-order valence-electron chi connectivity index (χ0n) is 17.1. The fourth-order valence-corrected chi connectivity index (χ4v) is 4.60. The third-order valence-electron chi connectivity index (χ3n) is 6.43. The van der Waals surface area contributed by atoms with Gasteiger partial charge in [0.25, 0.3) is 0 Å². The first-order valence-corrected chi connectivity index (χ1v) is 10.2. The Balaban J connectivity index is 1.49. The Kier molecular flexibility index (Phi) is 4.96. The Morgan fingerprint density at radius 1 is 1.11 bits per heavy atom. The van der Waals surface area contributed by atoms with Gasteiger partial charge in [-0.05, 0) is 46.7 Å². The Bertz CT molecular complexity index is 742. The molecule has 1 aromatic rings. The molecule has 2 fully saturated rings. The minimum Gasteiger partial charge on any atom is -0.487 e. The molecule has 0 radical (unpaired) electrons. The topological polar surface area (TPSA) is 24.9 Å². The van der Waals surface area contributed by atoms with Crippen molar-refractivity contribution < 1.29 is 9.47 Å². The van der Waals surface area contributed by atoms with E-state index in [4.69, 9.17) is 9.47 Å². The molecule has 4 rings (SSSR count). The number of piperazine rings is 1. The van der Waals surface area contributed by atoms with Crippen LogP contribution in [0, 0.1) is 17.8 Å². The van der Waals surface area contributed by atoms with Crippen LogP contribution >= 0.6 is 0 Å². The highest BCUT2D eigenvalue weighted by molar-refractivity contribution is 5.39. The van der Waals surface area contributed by atoms with E-state index in [0.29, 0.717) is 5.92 Å². The lowest BCUT2D eigenvalue weighted by molar-refractivity contribution is -0.169. The van der Waals surface area contributed by atoms with Crippen molar-refractivity contribution >= 4 is 0 Å². The highest BCUT2D eigenvalue weighted by Gasteiger charge is 2.49. The quantitative estimate of drug-likeness (QED) is 0.710. The van der Waals surface area contributed by atoms with E-state index < -0.39 is 0 Å². The average molecular weight is 369 g/mol. The molecule has 0 amide bonds. The Morgan fingerprint density at radius 3 is 2.63 bits per heavy atom. The van der Waals surface area contributed by atoms with E-state index in [-0.39, 0.29) is 17.3 Å². The van der Waals surface area contributed by atoms with Gasteiger partial charge in [0.15, 0.2) is 0 Å². The van der Waals surface area contributed by atoms with E-state index in [1.54, 1.807) is 0 Å². The second kappa shape index (κ2) is 7.13. The third-order valence-corrected chi connectivity index (χ3v) is 6.43. The van der Waals surface area contributed by atoms with Gasteiger partial charge in [-0.15, -0.1) is 0 Å². The lowest BCUT2D eigenvalue weighted by atomic mass is 9.73. The summed E-state index contributed by atoms with van der Waals surface area (Å²) in [5, 5.41) is 0. The van der Waals surface area contributed by atoms with Crippen molar-refractivity contribution in [3.8, 4) is 17.6 Å². The van der Waals surface area contributed by atoms with Gasteiger partial charge in [-0.3, -0.25) is 4.90 Å². The monoisotopic (exact) mass is 368 g/mol. The number of benzene rings is 1. The fourth-order valence-electron chi connectivity index (χ4n) is 4.60. The molecule has 0 unspecified atom stereocenters. The summed E-state index contributed by atoms with van der Waals surface area (Å²) in [6.07, 6.45) is 2.09. The van der Waals surface area contributed by atoms with Crippen molar-refractivity contribution in [2.75, 3.05) is 39.8 Å². The van der Waals surface area contributed by atoms with Gasteiger partial charge < -0.3 is 14.4 Å². The Hall–Kier alpha value is -1.54. The van der Waals surface area contributed by atoms with Crippen LogP contribution in [-0.4, -0.2) is 60.8 Å². The third kappa shape index (κ3) is 3.87. The molecule has 0 aromatic heterocycles. The molecule has 146 valence electrons. The molecular weight excluding hydrogens is 336 g/mol. The zero-order chi connectivity index (χ0) is 19.1. The molecular formula is C23H32N2O2. The van der Waals surface area contributed by atoms with Crippen LogP contribution < -0.4 is 4.74 Å². The van der Waals surface area contributed by atoms with E-state index in [9.17, 15) is 0 Å². The van der Waals surface area contributed by atoms with E-state index >= 15 is 0 Å². The molecule has 4 heteroatoms. The van der Waals surface area contributed by atoms with Crippen molar-refractivity contribution in [2.45, 2.75) is 50.9 Å². The smallest absolute Gasteiger partial charge is 0.126 e. The molecule has 0 bridgehead atoms. The maximum absolute atomic E-state index is 6.67. The van der Waals surface area contributed by atoms with Crippen LogP contribution in [0.25, 0.3) is 0 Å². The molecule has 0 spiro atoms. The zero-order valence-corrected chi connectivity index (χ0v) is 17.1. The predicted octanol–water partition coefficient (Wildman–Crippen LogP) is 3.33. The summed E-state index contributed by atoms with van der Waals surface area (Å²) in [5.41, 5.74) is 0.579. The number of hydrogen-bond donors (Lipinski definition) is 0. The molecule has 3 aliphatic heterocycles. The number of hydrogen-bond acceptors (Lipinski definition) is 4. The van der Waals surface area contributed by atoms with Gasteiger partial charge in [-0.1, -0.05) is 30.0 Å². The summed E-state index contributed by atoms with van der Waals surface area (Å²) >= 11 is 0. The van der Waals surface area contributed by atoms with Gasteiger partial charge in [0, 0.05) is 37.7 Å². The highest BCUT2D eigenvalue weighted by atomic mass is 16.5. The number of ether oxygens (including phenoxy) is 2. The normalized spacial score (nSPS) is 33.2. The van der Waals surface area contributed by atoms with E-state index in [0.717, 1.165) is 51.3 Å². The fraction of sp³-hybridized carbons (Fsp3) is 0.652. The van der Waals surface area contributed by atoms with Crippen LogP contribution in [-0.2, 0) is 4.74 Å². The van der Waals surface area contributed by atoms with Gasteiger partial charge >= 0.3 is 0 Å². The number of likely N-dealkylation sites (N-methyl/N-ethyl adjacent to an activating group) is 1. The maximum Gasteiger partial charge on any atom is 0.126 e. The van der Waals surface area contributed by atoms with Gasteiger partial charge in [0.05, 0.1) is 12.6 Å². The molecule has 3 heterocycles.